The molecule has 2 unspecified atom stereocenters. The van der Waals surface area contributed by atoms with Crippen LogP contribution in [0.5, 0.6) is 0 Å². The molecule has 2 N–H and O–H groups in total. The van der Waals surface area contributed by atoms with Crippen molar-refractivity contribution in [3.05, 3.63) is 11.7 Å². The second kappa shape index (κ2) is 4.17. The molecule has 4 heteroatoms. The molecule has 0 aromatic carbocycles. The van der Waals surface area contributed by atoms with Crippen molar-refractivity contribution in [1.29, 1.82) is 0 Å². The van der Waals surface area contributed by atoms with Crippen molar-refractivity contribution < 1.29 is 4.52 Å². The van der Waals surface area contributed by atoms with Gasteiger partial charge in [-0.2, -0.15) is 4.98 Å². The van der Waals surface area contributed by atoms with Gasteiger partial charge in [-0.3, -0.25) is 0 Å². The Bertz CT molecular complexity index is 361. The second-order valence-corrected chi connectivity index (χ2v) is 5.38. The molecule has 0 aliphatic heterocycles. The number of rotatable bonds is 2. The summed E-state index contributed by atoms with van der Waals surface area (Å²) in [4.78, 5) is 4.50. The highest BCUT2D eigenvalue weighted by atomic mass is 16.5. The van der Waals surface area contributed by atoms with Gasteiger partial charge in [-0.25, -0.2) is 0 Å². The van der Waals surface area contributed by atoms with Crippen LogP contribution in [-0.4, -0.2) is 16.2 Å². The molecule has 2 rings (SSSR count). The van der Waals surface area contributed by atoms with Gasteiger partial charge in [0.2, 0.25) is 5.89 Å². The van der Waals surface area contributed by atoms with E-state index in [1.807, 2.05) is 0 Å². The van der Waals surface area contributed by atoms with Crippen LogP contribution in [0.3, 0.4) is 0 Å². The van der Waals surface area contributed by atoms with E-state index in [-0.39, 0.29) is 11.5 Å². The summed E-state index contributed by atoms with van der Waals surface area (Å²) in [5.74, 6) is 1.82. The molecule has 1 aromatic heterocycles. The molecule has 0 amide bonds. The van der Waals surface area contributed by atoms with E-state index in [2.05, 4.69) is 30.9 Å². The number of hydrogen-bond donors (Lipinski definition) is 1. The van der Waals surface area contributed by atoms with Gasteiger partial charge >= 0.3 is 0 Å². The standard InChI is InChI=1S/C12H21N3O/c1-8(2)10-14-11(16-15-10)12(3)7-5-4-6-9(12)13/h8-9H,4-7,13H2,1-3H3. The fourth-order valence-electron chi connectivity index (χ4n) is 2.33. The maximum atomic E-state index is 6.20. The van der Waals surface area contributed by atoms with Gasteiger partial charge < -0.3 is 10.3 Å². The number of nitrogens with two attached hydrogens (primary N) is 1. The molecule has 1 fully saturated rings. The maximum Gasteiger partial charge on any atom is 0.234 e. The minimum absolute atomic E-state index is 0.127. The number of aromatic nitrogens is 2. The molecule has 1 aliphatic rings. The zero-order valence-corrected chi connectivity index (χ0v) is 10.4. The van der Waals surface area contributed by atoms with Crippen molar-refractivity contribution in [3.63, 3.8) is 0 Å². The fourth-order valence-corrected chi connectivity index (χ4v) is 2.33. The third-order valence-electron chi connectivity index (χ3n) is 3.73. The first-order chi connectivity index (χ1) is 7.54. The molecular weight excluding hydrogens is 202 g/mol. The highest BCUT2D eigenvalue weighted by Crippen LogP contribution is 2.37. The third-order valence-corrected chi connectivity index (χ3v) is 3.73. The Kier molecular flexibility index (Phi) is 3.02. The van der Waals surface area contributed by atoms with E-state index in [1.165, 1.54) is 12.8 Å². The van der Waals surface area contributed by atoms with Crippen LogP contribution in [-0.2, 0) is 5.41 Å². The number of nitrogens with zero attached hydrogens (tertiary/aromatic N) is 2. The Labute approximate surface area is 96.6 Å². The van der Waals surface area contributed by atoms with Gasteiger partial charge in [0.15, 0.2) is 5.82 Å². The van der Waals surface area contributed by atoms with Crippen molar-refractivity contribution in [1.82, 2.24) is 10.1 Å². The lowest BCUT2D eigenvalue weighted by Crippen LogP contribution is -2.45. The average molecular weight is 223 g/mol. The van der Waals surface area contributed by atoms with E-state index < -0.39 is 0 Å². The fraction of sp³-hybridized carbons (Fsp3) is 0.833. The van der Waals surface area contributed by atoms with Gasteiger partial charge in [0.05, 0.1) is 5.41 Å². The predicted octanol–water partition coefficient (Wildman–Crippen LogP) is 2.35. The average Bonchev–Trinajstić information content (AvgIpc) is 2.72. The van der Waals surface area contributed by atoms with Crippen LogP contribution in [0.15, 0.2) is 4.52 Å². The summed E-state index contributed by atoms with van der Waals surface area (Å²) in [6, 6.07) is 0.140. The van der Waals surface area contributed by atoms with Gasteiger partial charge in [-0.1, -0.05) is 31.8 Å². The van der Waals surface area contributed by atoms with Gasteiger partial charge in [-0.15, -0.1) is 0 Å². The van der Waals surface area contributed by atoms with E-state index in [1.54, 1.807) is 0 Å². The van der Waals surface area contributed by atoms with Crippen molar-refractivity contribution in [2.75, 3.05) is 0 Å². The Morgan fingerprint density at radius 3 is 2.75 bits per heavy atom. The second-order valence-electron chi connectivity index (χ2n) is 5.38. The summed E-state index contributed by atoms with van der Waals surface area (Å²) in [7, 11) is 0. The van der Waals surface area contributed by atoms with Crippen molar-refractivity contribution in [2.24, 2.45) is 5.73 Å². The van der Waals surface area contributed by atoms with Gasteiger partial charge in [0, 0.05) is 12.0 Å². The van der Waals surface area contributed by atoms with E-state index in [9.17, 15) is 0 Å². The molecule has 1 saturated carbocycles. The minimum atomic E-state index is -0.127. The van der Waals surface area contributed by atoms with Gasteiger partial charge in [0.1, 0.15) is 0 Å². The molecule has 0 bridgehead atoms. The Hall–Kier alpha value is -0.900. The Morgan fingerprint density at radius 2 is 2.19 bits per heavy atom. The van der Waals surface area contributed by atoms with Gasteiger partial charge in [-0.05, 0) is 19.8 Å². The molecule has 90 valence electrons. The lowest BCUT2D eigenvalue weighted by atomic mass is 9.72. The molecular formula is C12H21N3O. The molecule has 0 saturated heterocycles. The zero-order valence-electron chi connectivity index (χ0n) is 10.4. The number of hydrogen-bond acceptors (Lipinski definition) is 4. The van der Waals surface area contributed by atoms with Crippen molar-refractivity contribution in [3.8, 4) is 0 Å². The quantitative estimate of drug-likeness (QED) is 0.835. The van der Waals surface area contributed by atoms with Crippen LogP contribution in [0.4, 0.5) is 0 Å². The van der Waals surface area contributed by atoms with Gasteiger partial charge in [0.25, 0.3) is 0 Å². The SMILES string of the molecule is CC(C)c1noc(C2(C)CCCCC2N)n1. The molecule has 4 nitrogen and oxygen atoms in total. The van der Waals surface area contributed by atoms with Crippen LogP contribution in [0.25, 0.3) is 0 Å². The summed E-state index contributed by atoms with van der Waals surface area (Å²) in [6.07, 6.45) is 4.51. The van der Waals surface area contributed by atoms with E-state index in [0.717, 1.165) is 24.6 Å². The van der Waals surface area contributed by atoms with Crippen LogP contribution in [0.1, 0.15) is 64.1 Å². The molecule has 1 aliphatic carbocycles. The molecule has 1 aromatic rings. The van der Waals surface area contributed by atoms with Crippen LogP contribution in [0.2, 0.25) is 0 Å². The summed E-state index contributed by atoms with van der Waals surface area (Å²) < 4.78 is 5.40. The van der Waals surface area contributed by atoms with Crippen molar-refractivity contribution in [2.45, 2.75) is 63.8 Å². The Balaban J connectivity index is 2.27. The monoisotopic (exact) mass is 223 g/mol. The summed E-state index contributed by atoms with van der Waals surface area (Å²) in [6.45, 7) is 6.28. The first-order valence-electron chi connectivity index (χ1n) is 6.13. The molecule has 0 radical (unpaired) electrons. The zero-order chi connectivity index (χ0) is 11.8. The summed E-state index contributed by atoms with van der Waals surface area (Å²) in [5, 5.41) is 4.03. The normalized spacial score (nSPS) is 30.9. The smallest absolute Gasteiger partial charge is 0.234 e. The third kappa shape index (κ3) is 1.86. The molecule has 0 spiro atoms. The van der Waals surface area contributed by atoms with E-state index in [4.69, 9.17) is 10.3 Å². The first kappa shape index (κ1) is 11.6. The highest BCUT2D eigenvalue weighted by molar-refractivity contribution is 5.10. The van der Waals surface area contributed by atoms with E-state index in [0.29, 0.717) is 5.92 Å². The van der Waals surface area contributed by atoms with Crippen LogP contribution >= 0.6 is 0 Å². The predicted molar refractivity (Wildman–Crippen MR) is 62.2 cm³/mol. The lowest BCUT2D eigenvalue weighted by molar-refractivity contribution is 0.203. The largest absolute Gasteiger partial charge is 0.339 e. The topological polar surface area (TPSA) is 64.9 Å². The lowest BCUT2D eigenvalue weighted by Gasteiger charge is -2.35. The highest BCUT2D eigenvalue weighted by Gasteiger charge is 2.40. The molecule has 2 atom stereocenters. The van der Waals surface area contributed by atoms with Crippen LogP contribution in [0, 0.1) is 0 Å². The Morgan fingerprint density at radius 1 is 1.44 bits per heavy atom. The summed E-state index contributed by atoms with van der Waals surface area (Å²) >= 11 is 0. The van der Waals surface area contributed by atoms with Crippen LogP contribution < -0.4 is 5.73 Å². The minimum Gasteiger partial charge on any atom is -0.339 e. The van der Waals surface area contributed by atoms with Crippen molar-refractivity contribution >= 4 is 0 Å². The first-order valence-corrected chi connectivity index (χ1v) is 6.13. The van der Waals surface area contributed by atoms with E-state index >= 15 is 0 Å². The summed E-state index contributed by atoms with van der Waals surface area (Å²) in [5.41, 5.74) is 6.08. The maximum absolute atomic E-state index is 6.20. The molecule has 16 heavy (non-hydrogen) atoms. The molecule has 1 heterocycles.